The molecular formula is C17H26N4O3. The van der Waals surface area contributed by atoms with Crippen LogP contribution in [-0.2, 0) is 9.53 Å². The zero-order valence-corrected chi connectivity index (χ0v) is 14.2. The van der Waals surface area contributed by atoms with Gasteiger partial charge in [0.1, 0.15) is 12.1 Å². The van der Waals surface area contributed by atoms with E-state index in [0.717, 1.165) is 57.8 Å². The van der Waals surface area contributed by atoms with Crippen LogP contribution in [0.3, 0.4) is 0 Å². The number of aromatic nitrogens is 2. The summed E-state index contributed by atoms with van der Waals surface area (Å²) in [4.78, 5) is 22.8. The highest BCUT2D eigenvalue weighted by Gasteiger charge is 2.24. The zero-order chi connectivity index (χ0) is 16.8. The molecule has 7 heteroatoms. The maximum Gasteiger partial charge on any atom is 0.220 e. The van der Waals surface area contributed by atoms with Crippen molar-refractivity contribution in [3.05, 3.63) is 12.4 Å². The summed E-state index contributed by atoms with van der Waals surface area (Å²) in [7, 11) is 1.61. The number of carbonyl (C=O) groups excluding carboxylic acids is 1. The Morgan fingerprint density at radius 3 is 2.75 bits per heavy atom. The Morgan fingerprint density at radius 2 is 2.04 bits per heavy atom. The average Bonchev–Trinajstić information content (AvgIpc) is 2.63. The second-order valence-corrected chi connectivity index (χ2v) is 6.51. The van der Waals surface area contributed by atoms with Crippen LogP contribution in [0.5, 0.6) is 5.88 Å². The van der Waals surface area contributed by atoms with Crippen LogP contribution in [0.25, 0.3) is 0 Å². The zero-order valence-electron chi connectivity index (χ0n) is 14.2. The van der Waals surface area contributed by atoms with E-state index < -0.39 is 0 Å². The van der Waals surface area contributed by atoms with Crippen LogP contribution in [0.4, 0.5) is 5.82 Å². The molecule has 0 radical (unpaired) electrons. The number of ether oxygens (including phenoxy) is 2. The summed E-state index contributed by atoms with van der Waals surface area (Å²) in [5, 5.41) is 3.15. The standard InChI is InChI=1S/C17H26N4O3/c1-23-17-11-15(18-12-19-17)21-6-2-13(3-7-21)10-16(22)20-14-4-8-24-9-5-14/h11-14H,2-10H2,1H3,(H,20,22). The van der Waals surface area contributed by atoms with Gasteiger partial charge in [0.05, 0.1) is 7.11 Å². The summed E-state index contributed by atoms with van der Waals surface area (Å²) in [5.41, 5.74) is 0. The number of nitrogens with one attached hydrogen (secondary N) is 1. The number of methoxy groups -OCH3 is 1. The molecule has 7 nitrogen and oxygen atoms in total. The molecule has 1 aromatic heterocycles. The predicted molar refractivity (Wildman–Crippen MR) is 90.1 cm³/mol. The van der Waals surface area contributed by atoms with E-state index in [9.17, 15) is 4.79 Å². The van der Waals surface area contributed by atoms with Crippen molar-refractivity contribution < 1.29 is 14.3 Å². The molecule has 132 valence electrons. The van der Waals surface area contributed by atoms with Crippen molar-refractivity contribution >= 4 is 11.7 Å². The van der Waals surface area contributed by atoms with Crippen molar-refractivity contribution in [3.63, 3.8) is 0 Å². The highest BCUT2D eigenvalue weighted by Crippen LogP contribution is 2.25. The fourth-order valence-corrected chi connectivity index (χ4v) is 3.37. The molecule has 1 aromatic rings. The summed E-state index contributed by atoms with van der Waals surface area (Å²) in [6, 6.07) is 2.15. The molecule has 2 aliphatic heterocycles. The number of hydrogen-bond donors (Lipinski definition) is 1. The van der Waals surface area contributed by atoms with E-state index in [4.69, 9.17) is 9.47 Å². The Labute approximate surface area is 142 Å². The highest BCUT2D eigenvalue weighted by molar-refractivity contribution is 5.76. The molecule has 0 spiro atoms. The lowest BCUT2D eigenvalue weighted by Crippen LogP contribution is -2.41. The maximum absolute atomic E-state index is 12.2. The first-order valence-corrected chi connectivity index (χ1v) is 8.72. The Bertz CT molecular complexity index is 540. The Kier molecular flexibility index (Phi) is 5.85. The molecule has 2 saturated heterocycles. The van der Waals surface area contributed by atoms with Gasteiger partial charge in [-0.3, -0.25) is 4.79 Å². The lowest BCUT2D eigenvalue weighted by Gasteiger charge is -2.33. The van der Waals surface area contributed by atoms with Crippen LogP contribution in [0.15, 0.2) is 12.4 Å². The first-order chi connectivity index (χ1) is 11.7. The van der Waals surface area contributed by atoms with Crippen molar-refractivity contribution in [1.82, 2.24) is 15.3 Å². The van der Waals surface area contributed by atoms with Crippen LogP contribution < -0.4 is 15.0 Å². The van der Waals surface area contributed by atoms with E-state index in [0.29, 0.717) is 24.3 Å². The summed E-state index contributed by atoms with van der Waals surface area (Å²) < 4.78 is 10.5. The molecule has 3 heterocycles. The number of rotatable bonds is 5. The van der Waals surface area contributed by atoms with Crippen LogP contribution in [0.1, 0.15) is 32.1 Å². The normalized spacial score (nSPS) is 20.0. The molecule has 3 rings (SSSR count). The topological polar surface area (TPSA) is 76.6 Å². The van der Waals surface area contributed by atoms with E-state index in [2.05, 4.69) is 20.2 Å². The number of amides is 1. The maximum atomic E-state index is 12.2. The van der Waals surface area contributed by atoms with Gasteiger partial charge in [-0.2, -0.15) is 0 Å². The van der Waals surface area contributed by atoms with Crippen molar-refractivity contribution in [3.8, 4) is 5.88 Å². The van der Waals surface area contributed by atoms with Gasteiger partial charge in [0.15, 0.2) is 0 Å². The number of nitrogens with zero attached hydrogens (tertiary/aromatic N) is 3. The van der Waals surface area contributed by atoms with Crippen LogP contribution >= 0.6 is 0 Å². The second kappa shape index (κ2) is 8.28. The summed E-state index contributed by atoms with van der Waals surface area (Å²) in [6.07, 6.45) is 6.03. The molecule has 0 atom stereocenters. The lowest BCUT2D eigenvalue weighted by atomic mass is 9.93. The predicted octanol–water partition coefficient (Wildman–Crippen LogP) is 1.39. The molecule has 0 saturated carbocycles. The molecule has 0 aliphatic carbocycles. The van der Waals surface area contributed by atoms with Crippen LogP contribution in [-0.4, -0.2) is 55.3 Å². The largest absolute Gasteiger partial charge is 0.481 e. The third-order valence-electron chi connectivity index (χ3n) is 4.84. The fraction of sp³-hybridized carbons (Fsp3) is 0.706. The van der Waals surface area contributed by atoms with E-state index in [-0.39, 0.29) is 5.91 Å². The highest BCUT2D eigenvalue weighted by atomic mass is 16.5. The molecule has 1 N–H and O–H groups in total. The van der Waals surface area contributed by atoms with Gasteiger partial charge in [-0.15, -0.1) is 0 Å². The molecule has 0 aromatic carbocycles. The Balaban J connectivity index is 1.43. The van der Waals surface area contributed by atoms with E-state index in [1.807, 2.05) is 6.07 Å². The third kappa shape index (κ3) is 4.56. The van der Waals surface area contributed by atoms with Crippen molar-refractivity contribution in [2.24, 2.45) is 5.92 Å². The average molecular weight is 334 g/mol. The first kappa shape index (κ1) is 17.0. The SMILES string of the molecule is COc1cc(N2CCC(CC(=O)NC3CCOCC3)CC2)ncn1. The van der Waals surface area contributed by atoms with E-state index in [1.165, 1.54) is 6.33 Å². The lowest BCUT2D eigenvalue weighted by molar-refractivity contribution is -0.123. The molecular weight excluding hydrogens is 308 g/mol. The smallest absolute Gasteiger partial charge is 0.220 e. The molecule has 0 unspecified atom stereocenters. The Hall–Kier alpha value is -1.89. The van der Waals surface area contributed by atoms with E-state index in [1.54, 1.807) is 7.11 Å². The fourth-order valence-electron chi connectivity index (χ4n) is 3.37. The van der Waals surface area contributed by atoms with Gasteiger partial charge in [-0.25, -0.2) is 9.97 Å². The van der Waals surface area contributed by atoms with Crippen molar-refractivity contribution in [1.29, 1.82) is 0 Å². The minimum atomic E-state index is 0.184. The number of anilines is 1. The van der Waals surface area contributed by atoms with Gasteiger partial charge in [0.2, 0.25) is 11.8 Å². The first-order valence-electron chi connectivity index (χ1n) is 8.72. The van der Waals surface area contributed by atoms with Gasteiger partial charge in [0.25, 0.3) is 0 Å². The van der Waals surface area contributed by atoms with Crippen LogP contribution in [0.2, 0.25) is 0 Å². The molecule has 24 heavy (non-hydrogen) atoms. The molecule has 2 fully saturated rings. The molecule has 0 bridgehead atoms. The van der Waals surface area contributed by atoms with Crippen LogP contribution in [0, 0.1) is 5.92 Å². The monoisotopic (exact) mass is 334 g/mol. The minimum Gasteiger partial charge on any atom is -0.481 e. The van der Waals surface area contributed by atoms with Gasteiger partial charge < -0.3 is 19.7 Å². The quantitative estimate of drug-likeness (QED) is 0.877. The van der Waals surface area contributed by atoms with Crippen molar-refractivity contribution in [2.45, 2.75) is 38.1 Å². The summed E-state index contributed by atoms with van der Waals surface area (Å²) in [5.74, 6) is 2.11. The van der Waals surface area contributed by atoms with E-state index >= 15 is 0 Å². The third-order valence-corrected chi connectivity index (χ3v) is 4.84. The summed E-state index contributed by atoms with van der Waals surface area (Å²) in [6.45, 7) is 3.34. The minimum absolute atomic E-state index is 0.184. The molecule has 2 aliphatic rings. The van der Waals surface area contributed by atoms with Gasteiger partial charge in [-0.1, -0.05) is 0 Å². The number of carbonyl (C=O) groups is 1. The number of piperidine rings is 1. The van der Waals surface area contributed by atoms with Gasteiger partial charge in [-0.05, 0) is 31.6 Å². The second-order valence-electron chi connectivity index (χ2n) is 6.51. The molecule has 1 amide bonds. The van der Waals surface area contributed by atoms with Gasteiger partial charge in [0, 0.05) is 44.8 Å². The summed E-state index contributed by atoms with van der Waals surface area (Å²) >= 11 is 0. The van der Waals surface area contributed by atoms with Gasteiger partial charge >= 0.3 is 0 Å². The number of hydrogen-bond acceptors (Lipinski definition) is 6. The Morgan fingerprint density at radius 1 is 1.29 bits per heavy atom. The van der Waals surface area contributed by atoms with Crippen molar-refractivity contribution in [2.75, 3.05) is 38.3 Å².